The summed E-state index contributed by atoms with van der Waals surface area (Å²) in [5.41, 5.74) is 5.46. The number of carbonyl (C=O) groups is 1. The van der Waals surface area contributed by atoms with Crippen LogP contribution in [-0.4, -0.2) is 18.1 Å². The Kier molecular flexibility index (Phi) is 9.94. The predicted molar refractivity (Wildman–Crippen MR) is 81.0 cm³/mol. The summed E-state index contributed by atoms with van der Waals surface area (Å²) in [5, 5.41) is 0. The first-order valence-electron chi connectivity index (χ1n) is 7.96. The highest BCUT2D eigenvalue weighted by atomic mass is 16.5. The molecular formula is C16H33NO2. The number of nitrogens with two attached hydrogens (primary N) is 1. The van der Waals surface area contributed by atoms with Gasteiger partial charge in [0.1, 0.15) is 5.54 Å². The van der Waals surface area contributed by atoms with E-state index < -0.39 is 5.54 Å². The second-order valence-electron chi connectivity index (χ2n) is 5.75. The Hall–Kier alpha value is -0.570. The van der Waals surface area contributed by atoms with Gasteiger partial charge >= 0.3 is 5.97 Å². The van der Waals surface area contributed by atoms with Crippen molar-refractivity contribution in [1.29, 1.82) is 0 Å². The van der Waals surface area contributed by atoms with Crippen LogP contribution in [0.5, 0.6) is 0 Å². The van der Waals surface area contributed by atoms with Gasteiger partial charge in [-0.1, -0.05) is 52.9 Å². The standard InChI is InChI=1S/C16H33NO2/c1-5-8-11-14(12-9-6-2)16(4,17)15(18)19-13-10-7-3/h14H,5-13,17H2,1-4H3. The molecule has 3 heteroatoms. The molecular weight excluding hydrogens is 238 g/mol. The van der Waals surface area contributed by atoms with Crippen LogP contribution in [0.2, 0.25) is 0 Å². The monoisotopic (exact) mass is 271 g/mol. The second kappa shape index (κ2) is 10.2. The zero-order chi connectivity index (χ0) is 14.7. The van der Waals surface area contributed by atoms with Crippen molar-refractivity contribution in [2.24, 2.45) is 11.7 Å². The molecule has 3 nitrogen and oxygen atoms in total. The number of rotatable bonds is 11. The molecule has 0 saturated carbocycles. The van der Waals surface area contributed by atoms with Gasteiger partial charge in [0, 0.05) is 0 Å². The summed E-state index contributed by atoms with van der Waals surface area (Å²) in [4.78, 5) is 12.2. The van der Waals surface area contributed by atoms with Crippen LogP contribution in [0, 0.1) is 5.92 Å². The van der Waals surface area contributed by atoms with Gasteiger partial charge in [0.15, 0.2) is 0 Å². The van der Waals surface area contributed by atoms with Crippen molar-refractivity contribution in [2.45, 2.75) is 84.6 Å². The number of unbranched alkanes of at least 4 members (excludes halogenated alkanes) is 3. The Balaban J connectivity index is 4.49. The zero-order valence-electron chi connectivity index (χ0n) is 13.3. The van der Waals surface area contributed by atoms with Gasteiger partial charge in [-0.3, -0.25) is 4.79 Å². The second-order valence-corrected chi connectivity index (χ2v) is 5.75. The molecule has 19 heavy (non-hydrogen) atoms. The quantitative estimate of drug-likeness (QED) is 0.456. The minimum atomic E-state index is -0.835. The van der Waals surface area contributed by atoms with Gasteiger partial charge in [0.25, 0.3) is 0 Å². The highest BCUT2D eigenvalue weighted by Gasteiger charge is 2.37. The third kappa shape index (κ3) is 6.95. The summed E-state index contributed by atoms with van der Waals surface area (Å²) < 4.78 is 5.32. The topological polar surface area (TPSA) is 52.3 Å². The lowest BCUT2D eigenvalue weighted by molar-refractivity contribution is -0.152. The number of carbonyl (C=O) groups excluding carboxylic acids is 1. The molecule has 0 rings (SSSR count). The molecule has 0 aromatic carbocycles. The smallest absolute Gasteiger partial charge is 0.326 e. The highest BCUT2D eigenvalue weighted by molar-refractivity contribution is 5.80. The molecule has 0 heterocycles. The van der Waals surface area contributed by atoms with E-state index in [1.54, 1.807) is 0 Å². The van der Waals surface area contributed by atoms with Gasteiger partial charge < -0.3 is 10.5 Å². The average molecular weight is 271 g/mol. The summed E-state index contributed by atoms with van der Waals surface area (Å²) in [6.45, 7) is 8.77. The van der Waals surface area contributed by atoms with Gasteiger partial charge in [-0.05, 0) is 32.1 Å². The van der Waals surface area contributed by atoms with Gasteiger partial charge in [0.05, 0.1) is 6.61 Å². The molecule has 0 fully saturated rings. The maximum absolute atomic E-state index is 12.2. The van der Waals surface area contributed by atoms with Crippen LogP contribution in [0.1, 0.15) is 79.1 Å². The largest absolute Gasteiger partial charge is 0.464 e. The SMILES string of the molecule is CCCCOC(=O)C(C)(N)C(CCCC)CCCC. The van der Waals surface area contributed by atoms with Crippen molar-refractivity contribution in [2.75, 3.05) is 6.61 Å². The van der Waals surface area contributed by atoms with E-state index in [9.17, 15) is 4.79 Å². The molecule has 0 bridgehead atoms. The minimum absolute atomic E-state index is 0.224. The van der Waals surface area contributed by atoms with Crippen molar-refractivity contribution >= 4 is 5.97 Å². The van der Waals surface area contributed by atoms with Gasteiger partial charge in [-0.2, -0.15) is 0 Å². The van der Waals surface area contributed by atoms with Gasteiger partial charge in [0.2, 0.25) is 0 Å². The molecule has 2 N–H and O–H groups in total. The number of ether oxygens (including phenoxy) is 1. The fourth-order valence-electron chi connectivity index (χ4n) is 2.28. The third-order valence-electron chi connectivity index (χ3n) is 3.83. The van der Waals surface area contributed by atoms with Crippen LogP contribution >= 0.6 is 0 Å². The maximum Gasteiger partial charge on any atom is 0.326 e. The fraction of sp³-hybridized carbons (Fsp3) is 0.938. The molecule has 0 aromatic rings. The van der Waals surface area contributed by atoms with Crippen LogP contribution in [0.15, 0.2) is 0 Å². The Morgan fingerprint density at radius 2 is 1.53 bits per heavy atom. The normalized spacial score (nSPS) is 14.4. The maximum atomic E-state index is 12.2. The first-order valence-corrected chi connectivity index (χ1v) is 7.96. The summed E-state index contributed by atoms with van der Waals surface area (Å²) in [6, 6.07) is 0. The van der Waals surface area contributed by atoms with Crippen molar-refractivity contribution in [3.8, 4) is 0 Å². The number of hydrogen-bond acceptors (Lipinski definition) is 3. The zero-order valence-corrected chi connectivity index (χ0v) is 13.3. The van der Waals surface area contributed by atoms with Crippen molar-refractivity contribution in [3.63, 3.8) is 0 Å². The molecule has 0 aliphatic rings. The molecule has 0 spiro atoms. The molecule has 114 valence electrons. The van der Waals surface area contributed by atoms with E-state index in [-0.39, 0.29) is 11.9 Å². The summed E-state index contributed by atoms with van der Waals surface area (Å²) in [7, 11) is 0. The van der Waals surface area contributed by atoms with Crippen molar-refractivity contribution < 1.29 is 9.53 Å². The molecule has 1 atom stereocenters. The Morgan fingerprint density at radius 1 is 1.05 bits per heavy atom. The molecule has 0 aromatic heterocycles. The Bertz CT molecular complexity index is 231. The molecule has 0 aliphatic carbocycles. The van der Waals surface area contributed by atoms with E-state index in [1.165, 1.54) is 0 Å². The summed E-state index contributed by atoms with van der Waals surface area (Å²) in [5.74, 6) is 0.0136. The van der Waals surface area contributed by atoms with Gasteiger partial charge in [-0.25, -0.2) is 0 Å². The Labute approximate surface area is 119 Å². The first-order chi connectivity index (χ1) is 9.00. The van der Waals surface area contributed by atoms with Crippen LogP contribution in [0.4, 0.5) is 0 Å². The van der Waals surface area contributed by atoms with Crippen LogP contribution in [0.25, 0.3) is 0 Å². The molecule has 0 aliphatic heterocycles. The number of esters is 1. The van der Waals surface area contributed by atoms with Crippen LogP contribution in [0.3, 0.4) is 0 Å². The van der Waals surface area contributed by atoms with E-state index in [0.29, 0.717) is 6.61 Å². The predicted octanol–water partition coefficient (Wildman–Crippen LogP) is 4.04. The average Bonchev–Trinajstić information content (AvgIpc) is 2.38. The lowest BCUT2D eigenvalue weighted by Gasteiger charge is -2.32. The van der Waals surface area contributed by atoms with E-state index in [4.69, 9.17) is 10.5 Å². The first kappa shape index (κ1) is 18.4. The molecule has 0 radical (unpaired) electrons. The van der Waals surface area contributed by atoms with E-state index in [0.717, 1.165) is 51.4 Å². The lowest BCUT2D eigenvalue weighted by atomic mass is 9.79. The minimum Gasteiger partial charge on any atom is -0.464 e. The molecule has 1 unspecified atom stereocenters. The van der Waals surface area contributed by atoms with Crippen molar-refractivity contribution in [1.82, 2.24) is 0 Å². The van der Waals surface area contributed by atoms with Gasteiger partial charge in [-0.15, -0.1) is 0 Å². The number of hydrogen-bond donors (Lipinski definition) is 1. The Morgan fingerprint density at radius 3 is 1.95 bits per heavy atom. The lowest BCUT2D eigenvalue weighted by Crippen LogP contribution is -2.52. The van der Waals surface area contributed by atoms with Crippen molar-refractivity contribution in [3.05, 3.63) is 0 Å². The highest BCUT2D eigenvalue weighted by Crippen LogP contribution is 2.27. The summed E-state index contributed by atoms with van der Waals surface area (Å²) >= 11 is 0. The third-order valence-corrected chi connectivity index (χ3v) is 3.83. The van der Waals surface area contributed by atoms with Crippen LogP contribution < -0.4 is 5.73 Å². The summed E-state index contributed by atoms with van der Waals surface area (Å²) in [6.07, 6.45) is 8.53. The molecule has 0 amide bonds. The molecule has 0 saturated heterocycles. The van der Waals surface area contributed by atoms with E-state index in [2.05, 4.69) is 20.8 Å². The fourth-order valence-corrected chi connectivity index (χ4v) is 2.28. The van der Waals surface area contributed by atoms with Crippen LogP contribution in [-0.2, 0) is 9.53 Å². The van der Waals surface area contributed by atoms with E-state index >= 15 is 0 Å². The van der Waals surface area contributed by atoms with E-state index in [1.807, 2.05) is 6.92 Å².